The molecule has 8 nitrogen and oxygen atoms in total. The molecule has 26 heavy (non-hydrogen) atoms. The van der Waals surface area contributed by atoms with Crippen LogP contribution >= 0.6 is 22.6 Å². The maximum Gasteiger partial charge on any atom is 0.264 e. The first-order valence-electron chi connectivity index (χ1n) is 7.39. The van der Waals surface area contributed by atoms with Crippen LogP contribution in [0.1, 0.15) is 6.92 Å². The van der Waals surface area contributed by atoms with Crippen LogP contribution in [-0.2, 0) is 19.6 Å². The van der Waals surface area contributed by atoms with Crippen LogP contribution in [0, 0.1) is 3.57 Å². The van der Waals surface area contributed by atoms with Gasteiger partial charge in [0.15, 0.2) is 0 Å². The van der Waals surface area contributed by atoms with Crippen LogP contribution < -0.4 is 20.9 Å². The standard InChI is InChI=1S/C16H17IN4O4S/c1-11(22)19-13-4-8-15(9-5-13)26(24,25)21(10-16(23)20-18)14-6-2-12(17)3-7-14/h2-9H,10,18H2,1H3,(H,19,22)(H,20,23). The number of carbonyl (C=O) groups excluding carboxylic acids is 2. The van der Waals surface area contributed by atoms with Crippen LogP contribution in [0.15, 0.2) is 53.4 Å². The van der Waals surface area contributed by atoms with Crippen molar-refractivity contribution in [2.75, 3.05) is 16.2 Å². The summed E-state index contributed by atoms with van der Waals surface area (Å²) < 4.78 is 27.9. The van der Waals surface area contributed by atoms with Crippen LogP contribution in [0.25, 0.3) is 0 Å². The molecule has 2 amide bonds. The lowest BCUT2D eigenvalue weighted by Crippen LogP contribution is -2.43. The Morgan fingerprint density at radius 2 is 1.65 bits per heavy atom. The van der Waals surface area contributed by atoms with E-state index in [-0.39, 0.29) is 10.8 Å². The third kappa shape index (κ3) is 4.93. The van der Waals surface area contributed by atoms with Crippen LogP contribution in [-0.4, -0.2) is 26.8 Å². The van der Waals surface area contributed by atoms with Crippen LogP contribution in [0.4, 0.5) is 11.4 Å². The SMILES string of the molecule is CC(=O)Nc1ccc(S(=O)(=O)N(CC(=O)NN)c2ccc(I)cc2)cc1. The molecule has 2 rings (SSSR count). The molecule has 0 aliphatic rings. The molecular weight excluding hydrogens is 471 g/mol. The Bertz CT molecular complexity index is 899. The van der Waals surface area contributed by atoms with Crippen molar-refractivity contribution in [2.24, 2.45) is 5.84 Å². The summed E-state index contributed by atoms with van der Waals surface area (Å²) in [6.07, 6.45) is 0. The molecule has 10 heteroatoms. The Morgan fingerprint density at radius 3 is 2.15 bits per heavy atom. The van der Waals surface area contributed by atoms with Gasteiger partial charge in [-0.2, -0.15) is 0 Å². The van der Waals surface area contributed by atoms with E-state index in [0.717, 1.165) is 7.88 Å². The van der Waals surface area contributed by atoms with Gasteiger partial charge >= 0.3 is 0 Å². The number of hydrogen-bond donors (Lipinski definition) is 3. The Labute approximate surface area is 164 Å². The summed E-state index contributed by atoms with van der Waals surface area (Å²) in [5.41, 5.74) is 2.74. The van der Waals surface area contributed by atoms with E-state index in [1.165, 1.54) is 31.2 Å². The molecule has 0 unspecified atom stereocenters. The first-order chi connectivity index (χ1) is 12.2. The number of nitrogens with two attached hydrogens (primary N) is 1. The van der Waals surface area contributed by atoms with Crippen molar-refractivity contribution in [2.45, 2.75) is 11.8 Å². The monoisotopic (exact) mass is 488 g/mol. The molecule has 2 aromatic carbocycles. The van der Waals surface area contributed by atoms with Gasteiger partial charge in [0, 0.05) is 16.2 Å². The van der Waals surface area contributed by atoms with Crippen LogP contribution in [0.3, 0.4) is 0 Å². The lowest BCUT2D eigenvalue weighted by atomic mass is 10.3. The Morgan fingerprint density at radius 1 is 1.08 bits per heavy atom. The number of rotatable bonds is 6. The predicted molar refractivity (Wildman–Crippen MR) is 107 cm³/mol. The number of nitrogens with one attached hydrogen (secondary N) is 2. The predicted octanol–water partition coefficient (Wildman–Crippen LogP) is 1.43. The van der Waals surface area contributed by atoms with Crippen LogP contribution in [0.2, 0.25) is 0 Å². The van der Waals surface area contributed by atoms with Gasteiger partial charge in [0.25, 0.3) is 15.9 Å². The average Bonchev–Trinajstić information content (AvgIpc) is 2.60. The van der Waals surface area contributed by atoms with E-state index in [1.807, 2.05) is 5.43 Å². The van der Waals surface area contributed by atoms with Gasteiger partial charge in [-0.3, -0.25) is 19.3 Å². The number of benzene rings is 2. The minimum absolute atomic E-state index is 0.0185. The largest absolute Gasteiger partial charge is 0.326 e. The molecule has 0 fully saturated rings. The van der Waals surface area contributed by atoms with Gasteiger partial charge in [-0.1, -0.05) is 0 Å². The Kier molecular flexibility index (Phi) is 6.56. The van der Waals surface area contributed by atoms with Gasteiger partial charge in [0.05, 0.1) is 10.6 Å². The summed E-state index contributed by atoms with van der Waals surface area (Å²) in [7, 11) is -4.02. The molecule has 0 aliphatic carbocycles. The average molecular weight is 488 g/mol. The smallest absolute Gasteiger partial charge is 0.264 e. The number of sulfonamides is 1. The van der Waals surface area contributed by atoms with Gasteiger partial charge in [-0.05, 0) is 71.1 Å². The van der Waals surface area contributed by atoms with E-state index in [4.69, 9.17) is 5.84 Å². The second-order valence-electron chi connectivity index (χ2n) is 5.26. The zero-order chi connectivity index (χ0) is 19.3. The molecule has 0 heterocycles. The van der Waals surface area contributed by atoms with E-state index in [2.05, 4.69) is 27.9 Å². The molecule has 0 saturated heterocycles. The minimum atomic E-state index is -4.02. The number of halogens is 1. The molecule has 0 bridgehead atoms. The van der Waals surface area contributed by atoms with Crippen molar-refractivity contribution in [3.63, 3.8) is 0 Å². The zero-order valence-corrected chi connectivity index (χ0v) is 16.7. The van der Waals surface area contributed by atoms with E-state index >= 15 is 0 Å². The topological polar surface area (TPSA) is 122 Å². The number of anilines is 2. The normalized spacial score (nSPS) is 10.9. The zero-order valence-electron chi connectivity index (χ0n) is 13.8. The highest BCUT2D eigenvalue weighted by Gasteiger charge is 2.27. The van der Waals surface area contributed by atoms with Crippen molar-refractivity contribution >= 4 is 55.8 Å². The first kappa shape index (κ1) is 20.1. The lowest BCUT2D eigenvalue weighted by molar-refractivity contribution is -0.119. The van der Waals surface area contributed by atoms with Crippen molar-refractivity contribution in [1.29, 1.82) is 0 Å². The molecule has 0 spiro atoms. The van der Waals surface area contributed by atoms with Crippen molar-refractivity contribution < 1.29 is 18.0 Å². The highest BCUT2D eigenvalue weighted by Crippen LogP contribution is 2.25. The lowest BCUT2D eigenvalue weighted by Gasteiger charge is -2.24. The van der Waals surface area contributed by atoms with Crippen molar-refractivity contribution in [3.8, 4) is 0 Å². The Balaban J connectivity index is 2.42. The minimum Gasteiger partial charge on any atom is -0.326 e. The molecular formula is C16H17IN4O4S. The van der Waals surface area contributed by atoms with Crippen molar-refractivity contribution in [1.82, 2.24) is 5.43 Å². The second-order valence-corrected chi connectivity index (χ2v) is 8.37. The first-order valence-corrected chi connectivity index (χ1v) is 9.91. The van der Waals surface area contributed by atoms with Crippen LogP contribution in [0.5, 0.6) is 0 Å². The van der Waals surface area contributed by atoms with E-state index in [9.17, 15) is 18.0 Å². The van der Waals surface area contributed by atoms with Gasteiger partial charge in [0.1, 0.15) is 6.54 Å². The Hall–Kier alpha value is -2.18. The van der Waals surface area contributed by atoms with Crippen molar-refractivity contribution in [3.05, 3.63) is 52.1 Å². The van der Waals surface area contributed by atoms with E-state index < -0.39 is 22.5 Å². The molecule has 0 saturated carbocycles. The second kappa shape index (κ2) is 8.47. The quantitative estimate of drug-likeness (QED) is 0.246. The highest BCUT2D eigenvalue weighted by atomic mass is 127. The third-order valence-corrected chi connectivity index (χ3v) is 5.83. The molecule has 0 radical (unpaired) electrons. The van der Waals surface area contributed by atoms with E-state index in [1.54, 1.807) is 24.3 Å². The maximum atomic E-state index is 13.0. The molecule has 0 atom stereocenters. The third-order valence-electron chi connectivity index (χ3n) is 3.33. The highest BCUT2D eigenvalue weighted by molar-refractivity contribution is 14.1. The number of hydrogen-bond acceptors (Lipinski definition) is 5. The number of amides is 2. The fourth-order valence-corrected chi connectivity index (χ4v) is 3.92. The number of hydrazine groups is 1. The number of nitrogens with zero attached hydrogens (tertiary/aromatic N) is 1. The molecule has 2 aromatic rings. The van der Waals surface area contributed by atoms with Gasteiger partial charge < -0.3 is 5.32 Å². The summed E-state index contributed by atoms with van der Waals surface area (Å²) in [6, 6.07) is 12.4. The number of carbonyl (C=O) groups is 2. The summed E-state index contributed by atoms with van der Waals surface area (Å²) >= 11 is 2.10. The van der Waals surface area contributed by atoms with Gasteiger partial charge in [-0.15, -0.1) is 0 Å². The summed E-state index contributed by atoms with van der Waals surface area (Å²) in [5, 5.41) is 2.56. The summed E-state index contributed by atoms with van der Waals surface area (Å²) in [4.78, 5) is 22.8. The van der Waals surface area contributed by atoms with Gasteiger partial charge in [-0.25, -0.2) is 14.3 Å². The molecule has 4 N–H and O–H groups in total. The van der Waals surface area contributed by atoms with Gasteiger partial charge in [0.2, 0.25) is 5.91 Å². The maximum absolute atomic E-state index is 13.0. The molecule has 0 aromatic heterocycles. The fourth-order valence-electron chi connectivity index (χ4n) is 2.14. The molecule has 0 aliphatic heterocycles. The summed E-state index contributed by atoms with van der Waals surface area (Å²) in [5.74, 6) is 4.19. The summed E-state index contributed by atoms with van der Waals surface area (Å²) in [6.45, 7) is 0.890. The van der Waals surface area contributed by atoms with E-state index in [0.29, 0.717) is 11.4 Å². The molecule has 138 valence electrons. The fraction of sp³-hybridized carbons (Fsp3) is 0.125.